The van der Waals surface area contributed by atoms with Crippen LogP contribution in [0.1, 0.15) is 43.7 Å². The van der Waals surface area contributed by atoms with Gasteiger partial charge in [-0.05, 0) is 37.3 Å². The Kier molecular flexibility index (Phi) is 4.25. The Labute approximate surface area is 114 Å². The van der Waals surface area contributed by atoms with Crippen LogP contribution in [0.3, 0.4) is 0 Å². The Morgan fingerprint density at radius 1 is 1.42 bits per heavy atom. The van der Waals surface area contributed by atoms with Crippen molar-refractivity contribution in [3.8, 4) is 0 Å². The van der Waals surface area contributed by atoms with Crippen LogP contribution >= 0.6 is 0 Å². The molecule has 0 spiro atoms. The third-order valence-electron chi connectivity index (χ3n) is 4.27. The molecule has 0 radical (unpaired) electrons. The zero-order valence-electron chi connectivity index (χ0n) is 11.7. The van der Waals surface area contributed by atoms with Crippen molar-refractivity contribution in [1.82, 2.24) is 0 Å². The molecule has 0 bridgehead atoms. The molecule has 1 aromatic rings. The third-order valence-corrected chi connectivity index (χ3v) is 4.27. The van der Waals surface area contributed by atoms with E-state index in [4.69, 9.17) is 4.74 Å². The second-order valence-corrected chi connectivity index (χ2v) is 5.55. The first-order chi connectivity index (χ1) is 9.08. The van der Waals surface area contributed by atoms with E-state index in [1.807, 2.05) is 25.1 Å². The van der Waals surface area contributed by atoms with E-state index in [0.29, 0.717) is 0 Å². The molecule has 0 heterocycles. The first kappa shape index (κ1) is 14.1. The summed E-state index contributed by atoms with van der Waals surface area (Å²) in [4.78, 5) is 11.7. The highest BCUT2D eigenvalue weighted by atomic mass is 16.5. The third kappa shape index (κ3) is 2.81. The van der Waals surface area contributed by atoms with Crippen molar-refractivity contribution in [2.75, 3.05) is 7.11 Å². The summed E-state index contributed by atoms with van der Waals surface area (Å²) in [5.74, 6) is -0.679. The van der Waals surface area contributed by atoms with Crippen molar-refractivity contribution >= 4 is 5.97 Å². The summed E-state index contributed by atoms with van der Waals surface area (Å²) in [6.45, 7) is 2.02. The van der Waals surface area contributed by atoms with Crippen molar-refractivity contribution in [1.29, 1.82) is 0 Å². The van der Waals surface area contributed by atoms with Gasteiger partial charge >= 0.3 is 5.97 Å². The van der Waals surface area contributed by atoms with E-state index < -0.39 is 11.4 Å². The van der Waals surface area contributed by atoms with E-state index >= 15 is 0 Å². The molecule has 1 aliphatic rings. The highest BCUT2D eigenvalue weighted by molar-refractivity contribution is 5.81. The van der Waals surface area contributed by atoms with Gasteiger partial charge in [-0.1, -0.05) is 37.1 Å². The highest BCUT2D eigenvalue weighted by Gasteiger charge is 2.42. The first-order valence-electron chi connectivity index (χ1n) is 6.94. The van der Waals surface area contributed by atoms with E-state index in [-0.39, 0.29) is 6.10 Å². The normalized spacial score (nSPS) is 19.3. The van der Waals surface area contributed by atoms with Crippen LogP contribution in [0.2, 0.25) is 0 Å². The Morgan fingerprint density at radius 2 is 2.11 bits per heavy atom. The molecule has 1 unspecified atom stereocenters. The molecule has 1 fully saturated rings. The average molecular weight is 262 g/mol. The lowest BCUT2D eigenvalue weighted by Gasteiger charge is -2.25. The molecule has 0 aromatic heterocycles. The lowest BCUT2D eigenvalue weighted by molar-refractivity contribution is -0.143. The fourth-order valence-electron chi connectivity index (χ4n) is 3.02. The van der Waals surface area contributed by atoms with Gasteiger partial charge in [-0.15, -0.1) is 0 Å². The number of methoxy groups -OCH3 is 1. The first-order valence-corrected chi connectivity index (χ1v) is 6.94. The average Bonchev–Trinajstić information content (AvgIpc) is 2.89. The van der Waals surface area contributed by atoms with E-state index in [9.17, 15) is 9.90 Å². The van der Waals surface area contributed by atoms with Crippen molar-refractivity contribution in [2.45, 2.75) is 50.5 Å². The Hall–Kier alpha value is -1.35. The number of carboxylic acid groups (broad SMARTS) is 1. The van der Waals surface area contributed by atoms with Crippen molar-refractivity contribution in [3.05, 3.63) is 35.4 Å². The summed E-state index contributed by atoms with van der Waals surface area (Å²) in [6, 6.07) is 8.02. The summed E-state index contributed by atoms with van der Waals surface area (Å²) in [5.41, 5.74) is 1.45. The number of carboxylic acids is 1. The van der Waals surface area contributed by atoms with Crippen LogP contribution in [-0.2, 0) is 21.4 Å². The van der Waals surface area contributed by atoms with Gasteiger partial charge in [0.1, 0.15) is 0 Å². The number of ether oxygens (including phenoxy) is 1. The van der Waals surface area contributed by atoms with Gasteiger partial charge in [-0.2, -0.15) is 0 Å². The molecule has 3 nitrogen and oxygen atoms in total. The molecular formula is C16H22O3. The van der Waals surface area contributed by atoms with E-state index in [1.54, 1.807) is 7.11 Å². The van der Waals surface area contributed by atoms with Crippen LogP contribution in [0.15, 0.2) is 24.3 Å². The zero-order valence-corrected chi connectivity index (χ0v) is 11.7. The van der Waals surface area contributed by atoms with Crippen molar-refractivity contribution in [3.63, 3.8) is 0 Å². The summed E-state index contributed by atoms with van der Waals surface area (Å²) in [6.07, 6.45) is 4.49. The molecule has 2 rings (SSSR count). The molecular weight excluding hydrogens is 240 g/mol. The molecule has 1 aliphatic carbocycles. The van der Waals surface area contributed by atoms with Gasteiger partial charge in [-0.25, -0.2) is 0 Å². The van der Waals surface area contributed by atoms with Gasteiger partial charge < -0.3 is 9.84 Å². The molecule has 104 valence electrons. The lowest BCUT2D eigenvalue weighted by atomic mass is 9.78. The Balaban J connectivity index is 2.29. The molecule has 0 amide bonds. The van der Waals surface area contributed by atoms with Crippen LogP contribution in [0.25, 0.3) is 0 Å². The molecule has 1 aromatic carbocycles. The smallest absolute Gasteiger partial charge is 0.314 e. The van der Waals surface area contributed by atoms with Gasteiger partial charge in [0.2, 0.25) is 0 Å². The molecule has 3 heteroatoms. The van der Waals surface area contributed by atoms with Gasteiger partial charge in [-0.3, -0.25) is 4.79 Å². The second kappa shape index (κ2) is 5.74. The van der Waals surface area contributed by atoms with Gasteiger partial charge in [0.05, 0.1) is 11.5 Å². The number of aliphatic carboxylic acids is 1. The topological polar surface area (TPSA) is 46.5 Å². The van der Waals surface area contributed by atoms with Crippen LogP contribution in [0.5, 0.6) is 0 Å². The summed E-state index contributed by atoms with van der Waals surface area (Å²) < 4.78 is 5.28. The minimum Gasteiger partial charge on any atom is -0.481 e. The van der Waals surface area contributed by atoms with Crippen molar-refractivity contribution < 1.29 is 14.6 Å². The molecule has 1 saturated carbocycles. The number of benzene rings is 1. The quantitative estimate of drug-likeness (QED) is 0.886. The maximum atomic E-state index is 11.7. The summed E-state index contributed by atoms with van der Waals surface area (Å²) >= 11 is 0. The monoisotopic (exact) mass is 262 g/mol. The van der Waals surface area contributed by atoms with Gasteiger partial charge in [0, 0.05) is 7.11 Å². The molecule has 1 atom stereocenters. The molecule has 19 heavy (non-hydrogen) atoms. The number of carbonyl (C=O) groups is 1. The molecule has 0 saturated heterocycles. The number of hydrogen-bond acceptors (Lipinski definition) is 2. The minimum absolute atomic E-state index is 0.152. The lowest BCUT2D eigenvalue weighted by Crippen LogP contribution is -2.32. The van der Waals surface area contributed by atoms with Crippen LogP contribution in [0, 0.1) is 0 Å². The van der Waals surface area contributed by atoms with Gasteiger partial charge in [0.25, 0.3) is 0 Å². The van der Waals surface area contributed by atoms with Gasteiger partial charge in [0.15, 0.2) is 0 Å². The standard InChI is InChI=1S/C16H22O3/c1-12(19-2)10-13-6-5-7-14(11-13)16(15(17)18)8-3-4-9-16/h5-7,11-12H,3-4,8-10H2,1-2H3,(H,17,18). The SMILES string of the molecule is COC(C)Cc1cccc(C2(C(=O)O)CCCC2)c1. The van der Waals surface area contributed by atoms with E-state index in [1.165, 1.54) is 0 Å². The Morgan fingerprint density at radius 3 is 2.68 bits per heavy atom. The maximum Gasteiger partial charge on any atom is 0.314 e. The van der Waals surface area contributed by atoms with E-state index in [2.05, 4.69) is 6.07 Å². The maximum absolute atomic E-state index is 11.7. The largest absolute Gasteiger partial charge is 0.481 e. The fraction of sp³-hybridized carbons (Fsp3) is 0.562. The minimum atomic E-state index is -0.679. The van der Waals surface area contributed by atoms with E-state index in [0.717, 1.165) is 43.2 Å². The zero-order chi connectivity index (χ0) is 13.9. The Bertz CT molecular complexity index is 447. The predicted molar refractivity (Wildman–Crippen MR) is 74.4 cm³/mol. The van der Waals surface area contributed by atoms with Crippen molar-refractivity contribution in [2.24, 2.45) is 0 Å². The second-order valence-electron chi connectivity index (χ2n) is 5.55. The fourth-order valence-corrected chi connectivity index (χ4v) is 3.02. The van der Waals surface area contributed by atoms with Crippen LogP contribution in [-0.4, -0.2) is 24.3 Å². The summed E-state index contributed by atoms with van der Waals surface area (Å²) in [7, 11) is 1.70. The number of hydrogen-bond donors (Lipinski definition) is 1. The number of rotatable bonds is 5. The summed E-state index contributed by atoms with van der Waals surface area (Å²) in [5, 5.41) is 9.61. The molecule has 1 N–H and O–H groups in total. The van der Waals surface area contributed by atoms with Crippen LogP contribution < -0.4 is 0 Å². The van der Waals surface area contributed by atoms with Crippen LogP contribution in [0.4, 0.5) is 0 Å². The molecule has 0 aliphatic heterocycles. The predicted octanol–water partition coefficient (Wildman–Crippen LogP) is 3.16. The highest BCUT2D eigenvalue weighted by Crippen LogP contribution is 2.41.